The van der Waals surface area contributed by atoms with Gasteiger partial charge in [0.05, 0.1) is 5.75 Å². The second kappa shape index (κ2) is 8.14. The van der Waals surface area contributed by atoms with Crippen LogP contribution in [0.5, 0.6) is 0 Å². The Morgan fingerprint density at radius 2 is 2.00 bits per heavy atom. The van der Waals surface area contributed by atoms with Crippen molar-refractivity contribution in [3.05, 3.63) is 35.6 Å². The lowest BCUT2D eigenvalue weighted by atomic mass is 10.1. The van der Waals surface area contributed by atoms with Crippen molar-refractivity contribution >= 4 is 17.7 Å². The van der Waals surface area contributed by atoms with E-state index in [0.29, 0.717) is 18.2 Å². The fraction of sp³-hybridized carbons (Fsp3) is 0.500. The van der Waals surface area contributed by atoms with Crippen LogP contribution in [0.15, 0.2) is 24.3 Å². The molecule has 0 bridgehead atoms. The molecule has 0 heterocycles. The van der Waals surface area contributed by atoms with Gasteiger partial charge in [0.25, 0.3) is 0 Å². The molecular weight excluding hydrogens is 249 g/mol. The molecule has 0 saturated heterocycles. The molecule has 1 N–H and O–H groups in total. The zero-order valence-corrected chi connectivity index (χ0v) is 11.7. The maximum atomic E-state index is 12.7. The zero-order valence-electron chi connectivity index (χ0n) is 10.9. The van der Waals surface area contributed by atoms with Crippen LogP contribution in [0.1, 0.15) is 19.4 Å². The second-order valence-corrected chi connectivity index (χ2v) is 5.67. The third-order valence-corrected chi connectivity index (χ3v) is 3.70. The zero-order chi connectivity index (χ0) is 13.4. The van der Waals surface area contributed by atoms with Gasteiger partial charge in [-0.25, -0.2) is 4.39 Å². The van der Waals surface area contributed by atoms with Crippen LogP contribution in [0.2, 0.25) is 0 Å². The number of rotatable bonds is 7. The van der Waals surface area contributed by atoms with E-state index in [2.05, 4.69) is 19.2 Å². The van der Waals surface area contributed by atoms with Crippen molar-refractivity contribution in [3.63, 3.8) is 0 Å². The molecule has 0 aliphatic carbocycles. The molecular formula is C14H20FNOS. The summed E-state index contributed by atoms with van der Waals surface area (Å²) in [6.07, 6.45) is 0.737. The quantitative estimate of drug-likeness (QED) is 0.824. The Morgan fingerprint density at radius 3 is 2.61 bits per heavy atom. The number of halogens is 1. The number of hydrogen-bond donors (Lipinski definition) is 1. The molecule has 0 saturated carbocycles. The first kappa shape index (κ1) is 15.0. The highest BCUT2D eigenvalue weighted by atomic mass is 32.2. The van der Waals surface area contributed by atoms with Crippen molar-refractivity contribution in [2.45, 2.75) is 20.3 Å². The lowest BCUT2D eigenvalue weighted by Gasteiger charge is -2.06. The van der Waals surface area contributed by atoms with Gasteiger partial charge in [-0.2, -0.15) is 11.8 Å². The molecule has 2 nitrogen and oxygen atoms in total. The molecule has 0 spiro atoms. The molecule has 0 aliphatic heterocycles. The molecule has 0 aliphatic rings. The van der Waals surface area contributed by atoms with E-state index in [0.717, 1.165) is 17.7 Å². The van der Waals surface area contributed by atoms with Crippen molar-refractivity contribution in [3.8, 4) is 0 Å². The van der Waals surface area contributed by atoms with Crippen LogP contribution < -0.4 is 5.32 Å². The average molecular weight is 269 g/mol. The third kappa shape index (κ3) is 6.64. The molecule has 0 atom stereocenters. The number of nitrogens with one attached hydrogen (secondary N) is 1. The summed E-state index contributed by atoms with van der Waals surface area (Å²) < 4.78 is 12.7. The minimum absolute atomic E-state index is 0.0720. The Balaban J connectivity index is 2.13. The first-order chi connectivity index (χ1) is 8.58. The molecule has 0 fully saturated rings. The van der Waals surface area contributed by atoms with Crippen molar-refractivity contribution in [2.75, 3.05) is 18.1 Å². The maximum Gasteiger partial charge on any atom is 0.230 e. The summed E-state index contributed by atoms with van der Waals surface area (Å²) in [6.45, 7) is 4.88. The summed E-state index contributed by atoms with van der Waals surface area (Å²) in [5.74, 6) is 1.98. The maximum absolute atomic E-state index is 12.7. The number of benzene rings is 1. The average Bonchev–Trinajstić information content (AvgIpc) is 2.31. The van der Waals surface area contributed by atoms with Crippen LogP contribution >= 0.6 is 11.8 Å². The van der Waals surface area contributed by atoms with Gasteiger partial charge in [-0.05, 0) is 35.8 Å². The molecule has 100 valence electrons. The predicted octanol–water partition coefficient (Wildman–Crippen LogP) is 2.87. The molecule has 18 heavy (non-hydrogen) atoms. The Labute approximate surface area is 112 Å². The summed E-state index contributed by atoms with van der Waals surface area (Å²) in [5, 5.41) is 2.87. The number of amides is 1. The van der Waals surface area contributed by atoms with E-state index < -0.39 is 0 Å². The molecule has 1 aromatic carbocycles. The van der Waals surface area contributed by atoms with Crippen LogP contribution in [0, 0.1) is 11.7 Å². The summed E-state index contributed by atoms with van der Waals surface area (Å²) in [6, 6.07) is 6.37. The molecule has 4 heteroatoms. The van der Waals surface area contributed by atoms with E-state index in [9.17, 15) is 9.18 Å². The highest BCUT2D eigenvalue weighted by Crippen LogP contribution is 2.06. The van der Waals surface area contributed by atoms with E-state index >= 15 is 0 Å². The molecule has 0 aromatic heterocycles. The smallest absolute Gasteiger partial charge is 0.230 e. The molecule has 0 radical (unpaired) electrons. The van der Waals surface area contributed by atoms with Gasteiger partial charge in [0.2, 0.25) is 5.91 Å². The molecule has 0 unspecified atom stereocenters. The second-order valence-electron chi connectivity index (χ2n) is 4.64. The Bertz CT molecular complexity index is 365. The van der Waals surface area contributed by atoms with Gasteiger partial charge in [-0.1, -0.05) is 26.0 Å². The highest BCUT2D eigenvalue weighted by molar-refractivity contribution is 7.99. The van der Waals surface area contributed by atoms with Crippen molar-refractivity contribution in [1.29, 1.82) is 0 Å². The van der Waals surface area contributed by atoms with Gasteiger partial charge in [-0.3, -0.25) is 4.79 Å². The van der Waals surface area contributed by atoms with E-state index in [1.54, 1.807) is 23.9 Å². The minimum Gasteiger partial charge on any atom is -0.355 e. The Hall–Kier alpha value is -1.03. The summed E-state index contributed by atoms with van der Waals surface area (Å²) in [7, 11) is 0. The van der Waals surface area contributed by atoms with Gasteiger partial charge in [0, 0.05) is 6.54 Å². The Kier molecular flexibility index (Phi) is 6.80. The first-order valence-corrected chi connectivity index (χ1v) is 7.32. The monoisotopic (exact) mass is 269 g/mol. The SMILES string of the molecule is CC(C)CSCC(=O)NCCc1ccc(F)cc1. The minimum atomic E-state index is -0.229. The summed E-state index contributed by atoms with van der Waals surface area (Å²) >= 11 is 1.66. The fourth-order valence-electron chi connectivity index (χ4n) is 1.44. The molecule has 1 aromatic rings. The first-order valence-electron chi connectivity index (χ1n) is 6.17. The third-order valence-electron chi connectivity index (χ3n) is 2.33. The van der Waals surface area contributed by atoms with Gasteiger partial charge < -0.3 is 5.32 Å². The lowest BCUT2D eigenvalue weighted by Crippen LogP contribution is -2.27. The van der Waals surface area contributed by atoms with Crippen LogP contribution in [-0.2, 0) is 11.2 Å². The van der Waals surface area contributed by atoms with Crippen molar-refractivity contribution in [1.82, 2.24) is 5.32 Å². The largest absolute Gasteiger partial charge is 0.355 e. The predicted molar refractivity (Wildman–Crippen MR) is 75.3 cm³/mol. The van der Waals surface area contributed by atoms with E-state index in [1.807, 2.05) is 0 Å². The number of hydrogen-bond acceptors (Lipinski definition) is 2. The topological polar surface area (TPSA) is 29.1 Å². The van der Waals surface area contributed by atoms with Gasteiger partial charge in [-0.15, -0.1) is 0 Å². The van der Waals surface area contributed by atoms with Crippen molar-refractivity contribution < 1.29 is 9.18 Å². The lowest BCUT2D eigenvalue weighted by molar-refractivity contribution is -0.118. The number of carbonyl (C=O) groups excluding carboxylic acids is 1. The standard InChI is InChI=1S/C14H20FNOS/c1-11(2)9-18-10-14(17)16-8-7-12-3-5-13(15)6-4-12/h3-6,11H,7-10H2,1-2H3,(H,16,17). The number of carbonyl (C=O) groups is 1. The number of thioether (sulfide) groups is 1. The van der Waals surface area contributed by atoms with E-state index in [4.69, 9.17) is 0 Å². The summed E-state index contributed by atoms with van der Waals surface area (Å²) in [5.41, 5.74) is 1.03. The van der Waals surface area contributed by atoms with Crippen LogP contribution in [-0.4, -0.2) is 24.0 Å². The van der Waals surface area contributed by atoms with Gasteiger partial charge >= 0.3 is 0 Å². The normalized spacial score (nSPS) is 10.7. The van der Waals surface area contributed by atoms with Crippen LogP contribution in [0.3, 0.4) is 0 Å². The highest BCUT2D eigenvalue weighted by Gasteiger charge is 2.02. The molecule has 1 amide bonds. The van der Waals surface area contributed by atoms with E-state index in [-0.39, 0.29) is 11.7 Å². The van der Waals surface area contributed by atoms with E-state index in [1.165, 1.54) is 12.1 Å². The van der Waals surface area contributed by atoms with Gasteiger partial charge in [0.1, 0.15) is 5.82 Å². The summed E-state index contributed by atoms with van der Waals surface area (Å²) in [4.78, 5) is 11.5. The molecule has 1 rings (SSSR count). The van der Waals surface area contributed by atoms with Crippen molar-refractivity contribution in [2.24, 2.45) is 5.92 Å². The Morgan fingerprint density at radius 1 is 1.33 bits per heavy atom. The van der Waals surface area contributed by atoms with Gasteiger partial charge in [0.15, 0.2) is 0 Å². The van der Waals surface area contributed by atoms with Crippen LogP contribution in [0.25, 0.3) is 0 Å². The van der Waals surface area contributed by atoms with Crippen LogP contribution in [0.4, 0.5) is 4.39 Å². The fourth-order valence-corrected chi connectivity index (χ4v) is 2.31.